The van der Waals surface area contributed by atoms with Crippen LogP contribution in [0.2, 0.25) is 0 Å². The molecule has 224 valence electrons. The van der Waals surface area contributed by atoms with Gasteiger partial charge in [0, 0.05) is 43.7 Å². The highest BCUT2D eigenvalue weighted by molar-refractivity contribution is 5.97. The lowest BCUT2D eigenvalue weighted by Crippen LogP contribution is -2.39. The Kier molecular flexibility index (Phi) is 10.2. The third kappa shape index (κ3) is 8.55. The zero-order chi connectivity index (χ0) is 30.5. The Bertz CT molecular complexity index is 1190. The molecular formula is C31H40F3N3O4. The van der Waals surface area contributed by atoms with Gasteiger partial charge in [0.15, 0.2) is 0 Å². The van der Waals surface area contributed by atoms with E-state index in [-0.39, 0.29) is 17.9 Å². The van der Waals surface area contributed by atoms with Gasteiger partial charge in [0.25, 0.3) is 5.91 Å². The number of rotatable bonds is 6. The van der Waals surface area contributed by atoms with E-state index < -0.39 is 17.6 Å². The summed E-state index contributed by atoms with van der Waals surface area (Å²) in [7, 11) is 0. The maximum Gasteiger partial charge on any atom is 0.490 e. The molecule has 2 saturated heterocycles. The second-order valence-electron chi connectivity index (χ2n) is 12.0. The van der Waals surface area contributed by atoms with E-state index in [1.54, 1.807) is 0 Å². The molecule has 0 bridgehead atoms. The van der Waals surface area contributed by atoms with Crippen molar-refractivity contribution >= 4 is 17.8 Å². The van der Waals surface area contributed by atoms with E-state index in [0.717, 1.165) is 61.4 Å². The third-order valence-electron chi connectivity index (χ3n) is 7.71. The summed E-state index contributed by atoms with van der Waals surface area (Å²) in [4.78, 5) is 39.4. The van der Waals surface area contributed by atoms with Crippen LogP contribution in [-0.2, 0) is 9.59 Å². The lowest BCUT2D eigenvalue weighted by Gasteiger charge is -2.27. The number of carbonyl (C=O) groups excluding carboxylic acids is 2. The Balaban J connectivity index is 0.000000587. The molecule has 2 heterocycles. The van der Waals surface area contributed by atoms with Crippen LogP contribution in [0.1, 0.15) is 60.3 Å². The molecule has 0 radical (unpaired) electrons. The Labute approximate surface area is 239 Å². The monoisotopic (exact) mass is 575 g/mol. The molecule has 0 aliphatic carbocycles. The van der Waals surface area contributed by atoms with Gasteiger partial charge in [-0.15, -0.1) is 0 Å². The van der Waals surface area contributed by atoms with Crippen molar-refractivity contribution in [1.29, 1.82) is 0 Å². The van der Waals surface area contributed by atoms with E-state index in [0.29, 0.717) is 11.8 Å². The molecular weight excluding hydrogens is 535 g/mol. The second kappa shape index (κ2) is 13.1. The molecule has 2 amide bonds. The van der Waals surface area contributed by atoms with Gasteiger partial charge in [0.2, 0.25) is 5.91 Å². The number of hydrogen-bond acceptors (Lipinski definition) is 4. The third-order valence-corrected chi connectivity index (χ3v) is 7.71. The molecule has 2 aromatic rings. The first-order valence-electron chi connectivity index (χ1n) is 13.8. The van der Waals surface area contributed by atoms with Crippen LogP contribution in [0.3, 0.4) is 0 Å². The smallest absolute Gasteiger partial charge is 0.475 e. The predicted molar refractivity (Wildman–Crippen MR) is 150 cm³/mol. The van der Waals surface area contributed by atoms with E-state index >= 15 is 0 Å². The van der Waals surface area contributed by atoms with Gasteiger partial charge >= 0.3 is 12.1 Å². The number of hydrogen-bond donors (Lipinski definition) is 2. The number of halogens is 3. The molecule has 2 unspecified atom stereocenters. The predicted octanol–water partition coefficient (Wildman–Crippen LogP) is 5.23. The number of carbonyl (C=O) groups is 3. The lowest BCUT2D eigenvalue weighted by molar-refractivity contribution is -0.192. The summed E-state index contributed by atoms with van der Waals surface area (Å²) >= 11 is 0. The molecule has 2 aliphatic heterocycles. The van der Waals surface area contributed by atoms with Crippen LogP contribution in [0.15, 0.2) is 48.5 Å². The van der Waals surface area contributed by atoms with Crippen LogP contribution < -0.4 is 5.32 Å². The summed E-state index contributed by atoms with van der Waals surface area (Å²) in [6.45, 7) is 14.6. The van der Waals surface area contributed by atoms with E-state index in [1.165, 1.54) is 0 Å². The van der Waals surface area contributed by atoms with Gasteiger partial charge in [0.05, 0.1) is 6.04 Å². The number of likely N-dealkylation sites (tertiary alicyclic amines) is 2. The van der Waals surface area contributed by atoms with Crippen LogP contribution in [0.25, 0.3) is 0 Å². The Morgan fingerprint density at radius 2 is 1.41 bits per heavy atom. The number of nitrogens with zero attached hydrogens (tertiary/aromatic N) is 2. The highest BCUT2D eigenvalue weighted by Crippen LogP contribution is 2.33. The van der Waals surface area contributed by atoms with Gasteiger partial charge in [-0.25, -0.2) is 4.79 Å². The van der Waals surface area contributed by atoms with Crippen molar-refractivity contribution in [3.05, 3.63) is 70.8 Å². The minimum Gasteiger partial charge on any atom is -0.475 e. The molecule has 3 atom stereocenters. The number of fused-ring (bicyclic) bond motifs is 1. The Hall–Kier alpha value is -3.40. The van der Waals surface area contributed by atoms with Crippen molar-refractivity contribution in [1.82, 2.24) is 15.1 Å². The number of carboxylic acid groups (broad SMARTS) is 1. The van der Waals surface area contributed by atoms with Gasteiger partial charge in [-0.1, -0.05) is 69.3 Å². The summed E-state index contributed by atoms with van der Waals surface area (Å²) in [5.41, 5.74) is 3.74. The molecule has 2 aliphatic rings. The fourth-order valence-corrected chi connectivity index (χ4v) is 5.44. The van der Waals surface area contributed by atoms with E-state index in [9.17, 15) is 22.8 Å². The maximum atomic E-state index is 13.2. The first-order valence-corrected chi connectivity index (χ1v) is 13.8. The SMILES string of the molecule is Cc1cccc(C)c1C(=O)N1CC2CN(CC[C@H](NC(=O)C(C)(C)C)c3ccccc3)CC2C1.O=C(O)C(F)(F)F. The molecule has 0 spiro atoms. The minimum atomic E-state index is -5.08. The molecule has 0 saturated carbocycles. The average Bonchev–Trinajstić information content (AvgIpc) is 3.45. The molecule has 10 heteroatoms. The second-order valence-corrected chi connectivity index (χ2v) is 12.0. The number of nitrogens with one attached hydrogen (secondary N) is 1. The standard InChI is InChI=1S/C29H39N3O2.C2HF3O2/c1-20-10-9-11-21(2)26(20)27(33)32-18-23-16-31(17-24(23)19-32)15-14-25(22-12-7-6-8-13-22)30-28(34)29(3,4)5;3-2(4,5)1(6)7/h6-13,23-25H,14-19H2,1-5H3,(H,30,34);(H,6,7)/t23?,24?,25-;/m0./s1. The summed E-state index contributed by atoms with van der Waals surface area (Å²) < 4.78 is 31.7. The number of aliphatic carboxylic acids is 1. The van der Waals surface area contributed by atoms with E-state index in [2.05, 4.69) is 27.2 Å². The van der Waals surface area contributed by atoms with Gasteiger partial charge in [0.1, 0.15) is 0 Å². The number of carboxylic acids is 1. The van der Waals surface area contributed by atoms with Gasteiger partial charge < -0.3 is 20.2 Å². The van der Waals surface area contributed by atoms with Crippen LogP contribution in [0, 0.1) is 31.1 Å². The summed E-state index contributed by atoms with van der Waals surface area (Å²) in [5, 5.41) is 10.4. The Morgan fingerprint density at radius 3 is 1.88 bits per heavy atom. The molecule has 2 aromatic carbocycles. The van der Waals surface area contributed by atoms with Gasteiger partial charge in [-0.3, -0.25) is 9.59 Å². The summed E-state index contributed by atoms with van der Waals surface area (Å²) in [6.07, 6.45) is -4.20. The van der Waals surface area contributed by atoms with Crippen molar-refractivity contribution in [2.24, 2.45) is 17.3 Å². The zero-order valence-electron chi connectivity index (χ0n) is 24.3. The summed E-state index contributed by atoms with van der Waals surface area (Å²) in [5.74, 6) is -1.42. The highest BCUT2D eigenvalue weighted by Gasteiger charge is 2.42. The number of alkyl halides is 3. The normalized spacial score (nSPS) is 19.7. The molecule has 2 fully saturated rings. The van der Waals surface area contributed by atoms with Crippen molar-refractivity contribution in [3.8, 4) is 0 Å². The van der Waals surface area contributed by atoms with E-state index in [1.807, 2.05) is 71.0 Å². The number of aryl methyl sites for hydroxylation is 2. The number of amides is 2. The van der Waals surface area contributed by atoms with Crippen molar-refractivity contribution in [3.63, 3.8) is 0 Å². The highest BCUT2D eigenvalue weighted by atomic mass is 19.4. The zero-order valence-corrected chi connectivity index (χ0v) is 24.3. The fourth-order valence-electron chi connectivity index (χ4n) is 5.44. The average molecular weight is 576 g/mol. The first kappa shape index (κ1) is 32.1. The van der Waals surface area contributed by atoms with Crippen LogP contribution in [-0.4, -0.2) is 71.6 Å². The van der Waals surface area contributed by atoms with Crippen LogP contribution in [0.4, 0.5) is 13.2 Å². The molecule has 2 N–H and O–H groups in total. The fraction of sp³-hybridized carbons (Fsp3) is 0.516. The first-order chi connectivity index (χ1) is 19.1. The van der Waals surface area contributed by atoms with Crippen molar-refractivity contribution in [2.75, 3.05) is 32.7 Å². The van der Waals surface area contributed by atoms with Crippen molar-refractivity contribution in [2.45, 2.75) is 53.3 Å². The van der Waals surface area contributed by atoms with Crippen LogP contribution in [0.5, 0.6) is 0 Å². The molecule has 7 nitrogen and oxygen atoms in total. The molecule has 0 aromatic heterocycles. The van der Waals surface area contributed by atoms with Crippen molar-refractivity contribution < 1.29 is 32.7 Å². The van der Waals surface area contributed by atoms with E-state index in [4.69, 9.17) is 9.90 Å². The maximum absolute atomic E-state index is 13.2. The topological polar surface area (TPSA) is 90.0 Å². The largest absolute Gasteiger partial charge is 0.490 e. The number of benzene rings is 2. The molecule has 41 heavy (non-hydrogen) atoms. The molecule has 4 rings (SSSR count). The van der Waals surface area contributed by atoms with Crippen LogP contribution >= 0.6 is 0 Å². The lowest BCUT2D eigenvalue weighted by atomic mass is 9.94. The van der Waals surface area contributed by atoms with Gasteiger partial charge in [-0.2, -0.15) is 13.2 Å². The minimum absolute atomic E-state index is 0.00970. The summed E-state index contributed by atoms with van der Waals surface area (Å²) in [6, 6.07) is 16.4. The van der Waals surface area contributed by atoms with Gasteiger partial charge in [-0.05, 0) is 48.8 Å². The Morgan fingerprint density at radius 1 is 0.902 bits per heavy atom. The quantitative estimate of drug-likeness (QED) is 0.492.